The quantitative estimate of drug-likeness (QED) is 0.771. The lowest BCUT2D eigenvalue weighted by atomic mass is 10.1. The number of nitrogens with zero attached hydrogens (tertiary/aromatic N) is 1. The summed E-state index contributed by atoms with van der Waals surface area (Å²) >= 11 is 0. The number of benzene rings is 2. The summed E-state index contributed by atoms with van der Waals surface area (Å²) in [6, 6.07) is 16.6. The Balaban J connectivity index is 1.53. The number of anilines is 2. The van der Waals surface area contributed by atoms with Crippen molar-refractivity contribution in [2.24, 2.45) is 0 Å². The smallest absolute Gasteiger partial charge is 0.282 e. The highest BCUT2D eigenvalue weighted by Gasteiger charge is 2.22. The molecule has 1 aliphatic heterocycles. The van der Waals surface area contributed by atoms with Crippen LogP contribution in [0.15, 0.2) is 48.5 Å². The summed E-state index contributed by atoms with van der Waals surface area (Å²) in [6.07, 6.45) is 1.05. The van der Waals surface area contributed by atoms with Crippen molar-refractivity contribution in [3.05, 3.63) is 59.7 Å². The monoisotopic (exact) mass is 382 g/mol. The van der Waals surface area contributed by atoms with Crippen LogP contribution in [0.1, 0.15) is 25.0 Å². The van der Waals surface area contributed by atoms with Gasteiger partial charge in [0.2, 0.25) is 0 Å². The highest BCUT2D eigenvalue weighted by Crippen LogP contribution is 2.19. The van der Waals surface area contributed by atoms with Crippen molar-refractivity contribution in [2.45, 2.75) is 32.9 Å². The van der Waals surface area contributed by atoms with Crippen LogP contribution < -0.4 is 15.1 Å². The molecule has 0 bridgehead atoms. The van der Waals surface area contributed by atoms with E-state index in [0.29, 0.717) is 0 Å². The van der Waals surface area contributed by atoms with Crippen molar-refractivity contribution in [1.29, 1.82) is 0 Å². The lowest BCUT2D eigenvalue weighted by Gasteiger charge is -2.29. The van der Waals surface area contributed by atoms with E-state index in [1.807, 2.05) is 19.1 Å². The van der Waals surface area contributed by atoms with Crippen LogP contribution in [0.25, 0.3) is 0 Å². The number of quaternary nitrogens is 1. The predicted octanol–water partition coefficient (Wildman–Crippen LogP) is 2.13. The van der Waals surface area contributed by atoms with Gasteiger partial charge in [0.15, 0.2) is 6.04 Å². The Bertz CT molecular complexity index is 752. The number of rotatable bonds is 7. The van der Waals surface area contributed by atoms with Crippen LogP contribution in [0.5, 0.6) is 0 Å². The van der Waals surface area contributed by atoms with Crippen LogP contribution in [0.2, 0.25) is 0 Å². The van der Waals surface area contributed by atoms with Gasteiger partial charge in [-0.25, -0.2) is 0 Å². The molecular formula is C23H32N3O2+. The predicted molar refractivity (Wildman–Crippen MR) is 114 cm³/mol. The summed E-state index contributed by atoms with van der Waals surface area (Å²) in [5.41, 5.74) is 4.61. The van der Waals surface area contributed by atoms with Crippen LogP contribution in [0.4, 0.5) is 11.4 Å². The second kappa shape index (κ2) is 9.71. The molecule has 0 aromatic heterocycles. The van der Waals surface area contributed by atoms with Gasteiger partial charge >= 0.3 is 0 Å². The molecule has 1 saturated heterocycles. The van der Waals surface area contributed by atoms with E-state index in [2.05, 4.69) is 60.6 Å². The Morgan fingerprint density at radius 2 is 1.68 bits per heavy atom. The van der Waals surface area contributed by atoms with Gasteiger partial charge in [-0.3, -0.25) is 4.79 Å². The van der Waals surface area contributed by atoms with Gasteiger partial charge in [0.1, 0.15) is 6.54 Å². The molecule has 1 amide bonds. The first-order valence-corrected chi connectivity index (χ1v) is 10.2. The molecule has 1 unspecified atom stereocenters. The van der Waals surface area contributed by atoms with Gasteiger partial charge in [0.25, 0.3) is 5.91 Å². The number of ether oxygens (including phenoxy) is 1. The Hall–Kier alpha value is -2.37. The van der Waals surface area contributed by atoms with E-state index in [1.54, 1.807) is 0 Å². The van der Waals surface area contributed by atoms with Crippen molar-refractivity contribution < 1.29 is 14.4 Å². The Labute approximate surface area is 168 Å². The molecule has 5 heteroatoms. The first kappa shape index (κ1) is 20.4. The van der Waals surface area contributed by atoms with Gasteiger partial charge in [-0.2, -0.15) is 0 Å². The Morgan fingerprint density at radius 3 is 2.29 bits per heavy atom. The van der Waals surface area contributed by atoms with E-state index in [-0.39, 0.29) is 11.9 Å². The maximum atomic E-state index is 12.7. The number of morpholine rings is 1. The number of carbonyl (C=O) groups excluding carboxylic acids is 1. The molecule has 0 saturated carbocycles. The lowest BCUT2D eigenvalue weighted by Crippen LogP contribution is -3.12. The highest BCUT2D eigenvalue weighted by molar-refractivity contribution is 5.93. The van der Waals surface area contributed by atoms with Crippen molar-refractivity contribution in [3.63, 3.8) is 0 Å². The third-order valence-corrected chi connectivity index (χ3v) is 5.56. The molecule has 3 rings (SSSR count). The third kappa shape index (κ3) is 5.33. The first-order valence-electron chi connectivity index (χ1n) is 10.2. The van der Waals surface area contributed by atoms with Crippen LogP contribution in [0.3, 0.4) is 0 Å². The summed E-state index contributed by atoms with van der Waals surface area (Å²) < 4.78 is 5.40. The van der Waals surface area contributed by atoms with Gasteiger partial charge < -0.3 is 19.9 Å². The average Bonchev–Trinajstić information content (AvgIpc) is 2.74. The van der Waals surface area contributed by atoms with Crippen LogP contribution >= 0.6 is 0 Å². The second-order valence-corrected chi connectivity index (χ2v) is 7.55. The van der Waals surface area contributed by atoms with Crippen LogP contribution in [-0.2, 0) is 22.5 Å². The molecule has 1 heterocycles. The zero-order valence-corrected chi connectivity index (χ0v) is 17.2. The standard InChI is InChI=1S/C23H31N3O2/c1-4-19-5-7-20(8-6-19)17-25(3)18(2)23(27)24-21-9-11-22(12-10-21)26-13-15-28-16-14-26/h5-12,18H,4,13-17H2,1-3H3,(H,24,27)/p+1/t18-/m1/s1. The molecule has 5 nitrogen and oxygen atoms in total. The summed E-state index contributed by atoms with van der Waals surface area (Å²) in [6.45, 7) is 8.33. The molecule has 2 aromatic rings. The van der Waals surface area contributed by atoms with Gasteiger partial charge in [-0.1, -0.05) is 31.2 Å². The number of nitrogens with one attached hydrogen (secondary N) is 2. The number of aryl methyl sites for hydroxylation is 1. The molecule has 0 radical (unpaired) electrons. The van der Waals surface area contributed by atoms with E-state index >= 15 is 0 Å². The van der Waals surface area contributed by atoms with E-state index in [9.17, 15) is 4.79 Å². The number of hydrogen-bond acceptors (Lipinski definition) is 3. The molecule has 1 aliphatic rings. The van der Waals surface area contributed by atoms with E-state index in [1.165, 1.54) is 21.7 Å². The van der Waals surface area contributed by atoms with E-state index in [4.69, 9.17) is 4.74 Å². The Kier molecular flexibility index (Phi) is 7.06. The largest absolute Gasteiger partial charge is 0.378 e. The topological polar surface area (TPSA) is 46.0 Å². The SMILES string of the molecule is CCc1ccc(C[NH+](C)[C@H](C)C(=O)Nc2ccc(N3CCOCC3)cc2)cc1. The van der Waals surface area contributed by atoms with Crippen LogP contribution in [-0.4, -0.2) is 45.3 Å². The van der Waals surface area contributed by atoms with Crippen molar-refractivity contribution in [1.82, 2.24) is 0 Å². The fourth-order valence-corrected chi connectivity index (χ4v) is 3.42. The minimum atomic E-state index is -0.134. The van der Waals surface area contributed by atoms with E-state index < -0.39 is 0 Å². The molecule has 2 atom stereocenters. The normalized spacial score (nSPS) is 16.5. The molecule has 2 N–H and O–H groups in total. The molecule has 0 aliphatic carbocycles. The molecule has 150 valence electrons. The first-order chi connectivity index (χ1) is 13.6. The highest BCUT2D eigenvalue weighted by atomic mass is 16.5. The number of likely N-dealkylation sites (N-methyl/N-ethyl adjacent to an activating group) is 1. The lowest BCUT2D eigenvalue weighted by molar-refractivity contribution is -0.907. The molecule has 28 heavy (non-hydrogen) atoms. The zero-order chi connectivity index (χ0) is 19.9. The summed E-state index contributed by atoms with van der Waals surface area (Å²) in [7, 11) is 2.07. The number of hydrogen-bond donors (Lipinski definition) is 2. The number of carbonyl (C=O) groups is 1. The van der Waals surface area contributed by atoms with Gasteiger partial charge in [0, 0.05) is 30.0 Å². The summed E-state index contributed by atoms with van der Waals surface area (Å²) in [5.74, 6) is 0.0433. The maximum absolute atomic E-state index is 12.7. The van der Waals surface area contributed by atoms with Crippen LogP contribution in [0, 0.1) is 0 Å². The summed E-state index contributed by atoms with van der Waals surface area (Å²) in [5, 5.41) is 3.05. The molecule has 0 spiro atoms. The molecule has 1 fully saturated rings. The molecular weight excluding hydrogens is 350 g/mol. The summed E-state index contributed by atoms with van der Waals surface area (Å²) in [4.78, 5) is 16.2. The fraction of sp³-hybridized carbons (Fsp3) is 0.435. The van der Waals surface area contributed by atoms with E-state index in [0.717, 1.165) is 45.0 Å². The molecule has 2 aromatic carbocycles. The van der Waals surface area contributed by atoms with Gasteiger partial charge in [-0.15, -0.1) is 0 Å². The zero-order valence-electron chi connectivity index (χ0n) is 17.2. The third-order valence-electron chi connectivity index (χ3n) is 5.56. The Morgan fingerprint density at radius 1 is 1.07 bits per heavy atom. The number of amides is 1. The van der Waals surface area contributed by atoms with Crippen molar-refractivity contribution in [3.8, 4) is 0 Å². The van der Waals surface area contributed by atoms with Gasteiger partial charge in [-0.05, 0) is 43.2 Å². The van der Waals surface area contributed by atoms with Crippen molar-refractivity contribution in [2.75, 3.05) is 43.6 Å². The maximum Gasteiger partial charge on any atom is 0.282 e. The van der Waals surface area contributed by atoms with Crippen molar-refractivity contribution >= 4 is 17.3 Å². The minimum Gasteiger partial charge on any atom is -0.378 e. The second-order valence-electron chi connectivity index (χ2n) is 7.55. The minimum absolute atomic E-state index is 0.0433. The fourth-order valence-electron chi connectivity index (χ4n) is 3.42. The van der Waals surface area contributed by atoms with Gasteiger partial charge in [0.05, 0.1) is 20.3 Å². The average molecular weight is 383 g/mol.